The SMILES string of the molecule is COc1cc(CNc2ccc(-c3nc4ccc(C)cc4s3)cc2)c(Br)cc1OCc1c(Cl)cccc1Cl. The third-order valence-electron chi connectivity index (χ3n) is 5.93. The lowest BCUT2D eigenvalue weighted by Crippen LogP contribution is -2.03. The first-order chi connectivity index (χ1) is 17.9. The molecule has 1 N–H and O–H groups in total. The van der Waals surface area contributed by atoms with Crippen LogP contribution in [0.5, 0.6) is 11.5 Å². The van der Waals surface area contributed by atoms with Crippen molar-refractivity contribution in [3.63, 3.8) is 0 Å². The van der Waals surface area contributed by atoms with Crippen molar-refractivity contribution in [3.05, 3.63) is 104 Å². The summed E-state index contributed by atoms with van der Waals surface area (Å²) in [5, 5.41) is 5.63. The van der Waals surface area contributed by atoms with Crippen molar-refractivity contribution >= 4 is 66.4 Å². The standard InChI is InChI=1S/C29H23BrCl2N2O2S/c1-17-6-11-25-28(12-17)37-29(34-25)18-7-9-20(10-8-18)33-15-19-13-26(35-2)27(14-22(19)30)36-16-21-23(31)4-3-5-24(21)32/h3-14,33H,15-16H2,1-2H3. The van der Waals surface area contributed by atoms with Crippen LogP contribution in [0.4, 0.5) is 5.69 Å². The highest BCUT2D eigenvalue weighted by Crippen LogP contribution is 2.36. The van der Waals surface area contributed by atoms with E-state index in [2.05, 4.69) is 70.6 Å². The number of rotatable bonds is 8. The third kappa shape index (κ3) is 5.88. The van der Waals surface area contributed by atoms with Crippen LogP contribution in [0.1, 0.15) is 16.7 Å². The Morgan fingerprint density at radius 1 is 0.946 bits per heavy atom. The Morgan fingerprint density at radius 3 is 2.43 bits per heavy atom. The van der Waals surface area contributed by atoms with Crippen molar-refractivity contribution in [1.82, 2.24) is 4.98 Å². The zero-order valence-corrected chi connectivity index (χ0v) is 24.1. The predicted molar refractivity (Wildman–Crippen MR) is 159 cm³/mol. The lowest BCUT2D eigenvalue weighted by Gasteiger charge is -2.16. The maximum Gasteiger partial charge on any atom is 0.162 e. The molecular weight excluding hydrogens is 591 g/mol. The molecule has 0 saturated carbocycles. The second kappa shape index (κ2) is 11.3. The number of hydrogen-bond acceptors (Lipinski definition) is 5. The van der Waals surface area contributed by atoms with Crippen molar-refractivity contribution in [3.8, 4) is 22.1 Å². The van der Waals surface area contributed by atoms with Gasteiger partial charge in [-0.05, 0) is 78.7 Å². The highest BCUT2D eigenvalue weighted by Gasteiger charge is 2.13. The molecule has 0 unspecified atom stereocenters. The van der Waals surface area contributed by atoms with Crippen molar-refractivity contribution < 1.29 is 9.47 Å². The second-order valence-electron chi connectivity index (χ2n) is 8.50. The number of nitrogens with zero attached hydrogens (tertiary/aromatic N) is 1. The van der Waals surface area contributed by atoms with Crippen LogP contribution >= 0.6 is 50.5 Å². The van der Waals surface area contributed by atoms with Crippen molar-refractivity contribution in [2.75, 3.05) is 12.4 Å². The topological polar surface area (TPSA) is 43.4 Å². The maximum atomic E-state index is 6.28. The first kappa shape index (κ1) is 25.9. The van der Waals surface area contributed by atoms with Gasteiger partial charge in [-0.3, -0.25) is 0 Å². The van der Waals surface area contributed by atoms with Crippen LogP contribution in [0, 0.1) is 6.92 Å². The van der Waals surface area contributed by atoms with Crippen LogP contribution in [0.25, 0.3) is 20.8 Å². The molecule has 1 heterocycles. The van der Waals surface area contributed by atoms with E-state index >= 15 is 0 Å². The molecule has 0 aliphatic rings. The zero-order chi connectivity index (χ0) is 25.9. The van der Waals surface area contributed by atoms with E-state index in [1.165, 1.54) is 10.3 Å². The number of thiazole rings is 1. The summed E-state index contributed by atoms with van der Waals surface area (Å²) < 4.78 is 13.7. The molecule has 4 aromatic carbocycles. The molecule has 0 fully saturated rings. The average molecular weight is 614 g/mol. The van der Waals surface area contributed by atoms with Gasteiger partial charge in [0.05, 0.1) is 17.3 Å². The normalized spacial score (nSPS) is 11.1. The van der Waals surface area contributed by atoms with Gasteiger partial charge >= 0.3 is 0 Å². The molecule has 1 aromatic heterocycles. The third-order valence-corrected chi connectivity index (χ3v) is 8.44. The van der Waals surface area contributed by atoms with Crippen molar-refractivity contribution in [2.24, 2.45) is 0 Å². The fourth-order valence-corrected chi connectivity index (χ4v) is 5.93. The Bertz CT molecular complexity index is 1550. The van der Waals surface area contributed by atoms with Gasteiger partial charge in [-0.15, -0.1) is 11.3 Å². The van der Waals surface area contributed by atoms with Gasteiger partial charge in [0.2, 0.25) is 0 Å². The van der Waals surface area contributed by atoms with Gasteiger partial charge < -0.3 is 14.8 Å². The Hall–Kier alpha value is -2.77. The van der Waals surface area contributed by atoms with Crippen LogP contribution in [0.15, 0.2) is 77.3 Å². The largest absolute Gasteiger partial charge is 0.493 e. The molecule has 0 aliphatic carbocycles. The minimum atomic E-state index is 0.236. The van der Waals surface area contributed by atoms with Crippen LogP contribution < -0.4 is 14.8 Å². The summed E-state index contributed by atoms with van der Waals surface area (Å²) in [6.45, 7) is 2.94. The number of ether oxygens (including phenoxy) is 2. The van der Waals surface area contributed by atoms with E-state index in [-0.39, 0.29) is 6.61 Å². The minimum absolute atomic E-state index is 0.236. The molecule has 5 aromatic rings. The Kier molecular flexibility index (Phi) is 7.91. The Labute approximate surface area is 238 Å². The number of aryl methyl sites for hydroxylation is 1. The Balaban J connectivity index is 1.27. The number of methoxy groups -OCH3 is 1. The first-order valence-corrected chi connectivity index (χ1v) is 13.9. The summed E-state index contributed by atoms with van der Waals surface area (Å²) in [5.74, 6) is 1.23. The number of nitrogens with one attached hydrogen (secondary N) is 1. The molecule has 4 nitrogen and oxygen atoms in total. The molecule has 0 atom stereocenters. The number of halogens is 3. The lowest BCUT2D eigenvalue weighted by atomic mass is 10.1. The van der Waals surface area contributed by atoms with E-state index in [9.17, 15) is 0 Å². The van der Waals surface area contributed by atoms with Crippen molar-refractivity contribution in [2.45, 2.75) is 20.1 Å². The van der Waals surface area contributed by atoms with Gasteiger partial charge in [0, 0.05) is 37.9 Å². The van der Waals surface area contributed by atoms with Gasteiger partial charge in [-0.1, -0.05) is 51.3 Å². The van der Waals surface area contributed by atoms with E-state index in [1.807, 2.05) is 18.2 Å². The maximum absolute atomic E-state index is 6.28. The van der Waals surface area contributed by atoms with E-state index in [1.54, 1.807) is 30.6 Å². The highest BCUT2D eigenvalue weighted by atomic mass is 79.9. The molecule has 0 radical (unpaired) electrons. The van der Waals surface area contributed by atoms with Crippen LogP contribution in [0.3, 0.4) is 0 Å². The van der Waals surface area contributed by atoms with Crippen molar-refractivity contribution in [1.29, 1.82) is 0 Å². The minimum Gasteiger partial charge on any atom is -0.493 e. The molecule has 8 heteroatoms. The fraction of sp³-hybridized carbons (Fsp3) is 0.138. The summed E-state index contributed by atoms with van der Waals surface area (Å²) in [7, 11) is 1.62. The average Bonchev–Trinajstić information content (AvgIpc) is 3.31. The summed E-state index contributed by atoms with van der Waals surface area (Å²) in [6.07, 6.45) is 0. The second-order valence-corrected chi connectivity index (χ2v) is 11.2. The molecule has 0 amide bonds. The van der Waals surface area contributed by atoms with Gasteiger partial charge in [-0.2, -0.15) is 0 Å². The van der Waals surface area contributed by atoms with Gasteiger partial charge in [0.15, 0.2) is 11.5 Å². The van der Waals surface area contributed by atoms with Gasteiger partial charge in [-0.25, -0.2) is 4.98 Å². The molecule has 0 spiro atoms. The molecule has 0 bridgehead atoms. The molecule has 0 aliphatic heterocycles. The smallest absolute Gasteiger partial charge is 0.162 e. The number of fused-ring (bicyclic) bond motifs is 1. The molecule has 5 rings (SSSR count). The Morgan fingerprint density at radius 2 is 1.70 bits per heavy atom. The molecule has 188 valence electrons. The number of benzene rings is 4. The lowest BCUT2D eigenvalue weighted by molar-refractivity contribution is 0.284. The monoisotopic (exact) mass is 612 g/mol. The summed E-state index contributed by atoms with van der Waals surface area (Å²) >= 11 is 17.9. The fourth-order valence-electron chi connectivity index (χ4n) is 3.89. The van der Waals surface area contributed by atoms with Crippen LogP contribution in [-0.4, -0.2) is 12.1 Å². The number of anilines is 1. The summed E-state index contributed by atoms with van der Waals surface area (Å²) in [4.78, 5) is 4.78. The predicted octanol–water partition coefficient (Wildman–Crippen LogP) is 9.54. The summed E-state index contributed by atoms with van der Waals surface area (Å²) in [5.41, 5.74) is 6.17. The quantitative estimate of drug-likeness (QED) is 0.189. The van der Waals surface area contributed by atoms with E-state index in [0.717, 1.165) is 37.4 Å². The van der Waals surface area contributed by atoms with Gasteiger partial charge in [0.25, 0.3) is 0 Å². The van der Waals surface area contributed by atoms with E-state index < -0.39 is 0 Å². The number of aromatic nitrogens is 1. The highest BCUT2D eigenvalue weighted by molar-refractivity contribution is 9.10. The van der Waals surface area contributed by atoms with E-state index in [0.29, 0.717) is 28.1 Å². The van der Waals surface area contributed by atoms with E-state index in [4.69, 9.17) is 37.7 Å². The number of hydrogen-bond donors (Lipinski definition) is 1. The molecule has 0 saturated heterocycles. The van der Waals surface area contributed by atoms with Gasteiger partial charge in [0.1, 0.15) is 11.6 Å². The van der Waals surface area contributed by atoms with Crippen LogP contribution in [-0.2, 0) is 13.2 Å². The zero-order valence-electron chi connectivity index (χ0n) is 20.1. The van der Waals surface area contributed by atoms with Crippen LogP contribution in [0.2, 0.25) is 10.0 Å². The molecule has 37 heavy (non-hydrogen) atoms. The first-order valence-electron chi connectivity index (χ1n) is 11.5. The molecular formula is C29H23BrCl2N2O2S. The summed E-state index contributed by atoms with van der Waals surface area (Å²) in [6, 6.07) is 23.9.